The SMILES string of the molecule is COC(=O)c1ccccc1NC(=O)CNC(c1ccc(F)cc1)c1cccs1. The summed E-state index contributed by atoms with van der Waals surface area (Å²) in [6, 6.07) is 16.4. The molecule has 5 nitrogen and oxygen atoms in total. The Morgan fingerprint density at radius 3 is 2.50 bits per heavy atom. The predicted molar refractivity (Wildman–Crippen MR) is 107 cm³/mol. The van der Waals surface area contributed by atoms with E-state index in [1.54, 1.807) is 47.7 Å². The molecule has 7 heteroatoms. The van der Waals surface area contributed by atoms with Crippen LogP contribution in [0, 0.1) is 5.82 Å². The Bertz CT molecular complexity index is 943. The number of carbonyl (C=O) groups excluding carboxylic acids is 2. The fraction of sp³-hybridized carbons (Fsp3) is 0.143. The summed E-state index contributed by atoms with van der Waals surface area (Å²) < 4.78 is 18.0. The normalized spacial score (nSPS) is 11.6. The number of amides is 1. The number of benzene rings is 2. The second kappa shape index (κ2) is 9.25. The zero-order valence-corrected chi connectivity index (χ0v) is 16.0. The molecule has 0 aliphatic carbocycles. The van der Waals surface area contributed by atoms with Crippen molar-refractivity contribution >= 4 is 28.9 Å². The number of methoxy groups -OCH3 is 1. The molecule has 0 saturated carbocycles. The highest BCUT2D eigenvalue weighted by molar-refractivity contribution is 7.10. The van der Waals surface area contributed by atoms with Gasteiger partial charge < -0.3 is 10.1 Å². The van der Waals surface area contributed by atoms with Gasteiger partial charge in [-0.1, -0.05) is 30.3 Å². The third kappa shape index (κ3) is 4.82. The molecule has 0 aliphatic heterocycles. The molecule has 0 spiro atoms. The largest absolute Gasteiger partial charge is 0.465 e. The highest BCUT2D eigenvalue weighted by atomic mass is 32.1. The van der Waals surface area contributed by atoms with Crippen LogP contribution in [0.5, 0.6) is 0 Å². The minimum Gasteiger partial charge on any atom is -0.465 e. The Labute approximate surface area is 166 Å². The molecular formula is C21H19FN2O3S. The molecule has 3 aromatic rings. The van der Waals surface area contributed by atoms with Crippen LogP contribution in [0.3, 0.4) is 0 Å². The van der Waals surface area contributed by atoms with Crippen molar-refractivity contribution in [1.29, 1.82) is 0 Å². The van der Waals surface area contributed by atoms with Crippen LogP contribution in [0.4, 0.5) is 10.1 Å². The first-order valence-electron chi connectivity index (χ1n) is 8.58. The van der Waals surface area contributed by atoms with Crippen molar-refractivity contribution in [2.45, 2.75) is 6.04 Å². The standard InChI is InChI=1S/C21H19FN2O3S/c1-27-21(26)16-5-2-3-6-17(16)24-19(25)13-23-20(18-7-4-12-28-18)14-8-10-15(22)11-9-14/h2-12,20,23H,13H2,1H3,(H,24,25). The highest BCUT2D eigenvalue weighted by Crippen LogP contribution is 2.26. The molecule has 1 amide bonds. The number of esters is 1. The van der Waals surface area contributed by atoms with Crippen molar-refractivity contribution in [2.75, 3.05) is 19.0 Å². The lowest BCUT2D eigenvalue weighted by Gasteiger charge is -2.18. The molecule has 2 aromatic carbocycles. The van der Waals surface area contributed by atoms with E-state index in [0.717, 1.165) is 10.4 Å². The second-order valence-corrected chi connectivity index (χ2v) is 6.95. The van der Waals surface area contributed by atoms with E-state index in [1.165, 1.54) is 19.2 Å². The van der Waals surface area contributed by atoms with Crippen molar-refractivity contribution in [2.24, 2.45) is 0 Å². The molecule has 0 aliphatic rings. The number of carbonyl (C=O) groups is 2. The molecule has 1 unspecified atom stereocenters. The smallest absolute Gasteiger partial charge is 0.339 e. The van der Waals surface area contributed by atoms with E-state index in [0.29, 0.717) is 5.69 Å². The number of ether oxygens (including phenoxy) is 1. The van der Waals surface area contributed by atoms with E-state index in [4.69, 9.17) is 4.74 Å². The van der Waals surface area contributed by atoms with Gasteiger partial charge in [0.15, 0.2) is 0 Å². The number of halogens is 1. The monoisotopic (exact) mass is 398 g/mol. The lowest BCUT2D eigenvalue weighted by atomic mass is 10.1. The van der Waals surface area contributed by atoms with E-state index in [2.05, 4.69) is 10.6 Å². The van der Waals surface area contributed by atoms with Crippen LogP contribution in [0.25, 0.3) is 0 Å². The van der Waals surface area contributed by atoms with E-state index in [-0.39, 0.29) is 29.9 Å². The Morgan fingerprint density at radius 1 is 1.07 bits per heavy atom. The molecule has 1 atom stereocenters. The second-order valence-electron chi connectivity index (χ2n) is 5.97. The van der Waals surface area contributed by atoms with Crippen LogP contribution < -0.4 is 10.6 Å². The van der Waals surface area contributed by atoms with Crippen molar-refractivity contribution in [3.8, 4) is 0 Å². The molecule has 0 bridgehead atoms. The summed E-state index contributed by atoms with van der Waals surface area (Å²) in [7, 11) is 1.29. The minimum absolute atomic E-state index is 0.00937. The zero-order valence-electron chi connectivity index (χ0n) is 15.1. The summed E-state index contributed by atoms with van der Waals surface area (Å²) in [6.07, 6.45) is 0. The molecule has 1 heterocycles. The zero-order chi connectivity index (χ0) is 19.9. The Hall–Kier alpha value is -3.03. The van der Waals surface area contributed by atoms with Gasteiger partial charge in [-0.05, 0) is 41.3 Å². The fourth-order valence-electron chi connectivity index (χ4n) is 2.76. The summed E-state index contributed by atoms with van der Waals surface area (Å²) >= 11 is 1.55. The summed E-state index contributed by atoms with van der Waals surface area (Å²) in [4.78, 5) is 25.3. The topological polar surface area (TPSA) is 67.4 Å². The van der Waals surface area contributed by atoms with Crippen molar-refractivity contribution in [3.05, 3.63) is 87.9 Å². The number of thiophene rings is 1. The maximum absolute atomic E-state index is 13.3. The van der Waals surface area contributed by atoms with Crippen LogP contribution in [-0.4, -0.2) is 25.5 Å². The van der Waals surface area contributed by atoms with Crippen molar-refractivity contribution in [1.82, 2.24) is 5.32 Å². The van der Waals surface area contributed by atoms with Crippen LogP contribution in [0.15, 0.2) is 66.0 Å². The third-order valence-corrected chi connectivity index (χ3v) is 5.04. The van der Waals surface area contributed by atoms with Gasteiger partial charge in [-0.15, -0.1) is 11.3 Å². The number of para-hydroxylation sites is 1. The Kier molecular flexibility index (Phi) is 6.52. The molecule has 144 valence electrons. The van der Waals surface area contributed by atoms with Gasteiger partial charge in [0.2, 0.25) is 5.91 Å². The van der Waals surface area contributed by atoms with Gasteiger partial charge in [0, 0.05) is 4.88 Å². The third-order valence-electron chi connectivity index (χ3n) is 4.10. The number of hydrogen-bond acceptors (Lipinski definition) is 5. The van der Waals surface area contributed by atoms with Crippen molar-refractivity contribution in [3.63, 3.8) is 0 Å². The van der Waals surface area contributed by atoms with Gasteiger partial charge in [0.05, 0.1) is 30.9 Å². The average molecular weight is 398 g/mol. The number of nitrogens with one attached hydrogen (secondary N) is 2. The molecule has 0 saturated heterocycles. The summed E-state index contributed by atoms with van der Waals surface area (Å²) in [5, 5.41) is 7.87. The number of anilines is 1. The Morgan fingerprint density at radius 2 is 1.82 bits per heavy atom. The number of hydrogen-bond donors (Lipinski definition) is 2. The predicted octanol–water partition coefficient (Wildman–Crippen LogP) is 3.99. The van der Waals surface area contributed by atoms with E-state index < -0.39 is 5.97 Å². The molecule has 3 rings (SSSR count). The number of rotatable bonds is 7. The van der Waals surface area contributed by atoms with E-state index in [1.807, 2.05) is 17.5 Å². The van der Waals surface area contributed by atoms with Crippen molar-refractivity contribution < 1.29 is 18.7 Å². The molecule has 0 fully saturated rings. The van der Waals surface area contributed by atoms with Gasteiger partial charge in [0.25, 0.3) is 0 Å². The van der Waals surface area contributed by atoms with Gasteiger partial charge in [-0.2, -0.15) is 0 Å². The molecule has 0 radical (unpaired) electrons. The molecule has 2 N–H and O–H groups in total. The Balaban J connectivity index is 1.71. The molecule has 28 heavy (non-hydrogen) atoms. The first-order chi connectivity index (χ1) is 13.6. The first kappa shape index (κ1) is 19.7. The first-order valence-corrected chi connectivity index (χ1v) is 9.46. The van der Waals surface area contributed by atoms with Crippen LogP contribution in [-0.2, 0) is 9.53 Å². The van der Waals surface area contributed by atoms with Gasteiger partial charge >= 0.3 is 5.97 Å². The van der Waals surface area contributed by atoms with E-state index in [9.17, 15) is 14.0 Å². The summed E-state index contributed by atoms with van der Waals surface area (Å²) in [6.45, 7) is 0.00937. The van der Waals surface area contributed by atoms with Crippen LogP contribution >= 0.6 is 11.3 Å². The lowest BCUT2D eigenvalue weighted by molar-refractivity contribution is -0.115. The quantitative estimate of drug-likeness (QED) is 0.591. The molecular weight excluding hydrogens is 379 g/mol. The lowest BCUT2D eigenvalue weighted by Crippen LogP contribution is -2.32. The van der Waals surface area contributed by atoms with Gasteiger partial charge in [0.1, 0.15) is 5.82 Å². The minimum atomic E-state index is -0.522. The van der Waals surface area contributed by atoms with Crippen LogP contribution in [0.1, 0.15) is 26.8 Å². The van der Waals surface area contributed by atoms with Crippen LogP contribution in [0.2, 0.25) is 0 Å². The molecule has 1 aromatic heterocycles. The van der Waals surface area contributed by atoms with E-state index >= 15 is 0 Å². The maximum atomic E-state index is 13.3. The van der Waals surface area contributed by atoms with Gasteiger partial charge in [-0.3, -0.25) is 10.1 Å². The fourth-order valence-corrected chi connectivity index (χ4v) is 3.59. The summed E-state index contributed by atoms with van der Waals surface area (Å²) in [5.74, 6) is -1.14. The summed E-state index contributed by atoms with van der Waals surface area (Å²) in [5.41, 5.74) is 1.52. The average Bonchev–Trinajstić information content (AvgIpc) is 3.24. The highest BCUT2D eigenvalue weighted by Gasteiger charge is 2.18. The van der Waals surface area contributed by atoms with Gasteiger partial charge in [-0.25, -0.2) is 9.18 Å². The maximum Gasteiger partial charge on any atom is 0.339 e.